The molecule has 0 N–H and O–H groups in total. The van der Waals surface area contributed by atoms with Gasteiger partial charge in [-0.05, 0) is 19.3 Å². The van der Waals surface area contributed by atoms with Gasteiger partial charge < -0.3 is 4.90 Å². The molecule has 1 heterocycles. The number of sulfonamides is 1. The van der Waals surface area contributed by atoms with E-state index in [1.54, 1.807) is 4.31 Å². The third kappa shape index (κ3) is 3.52. The van der Waals surface area contributed by atoms with E-state index < -0.39 is 10.0 Å². The molecule has 2 rings (SSSR count). The number of carbonyl (C=O) groups excluding carboxylic acids is 1. The van der Waals surface area contributed by atoms with Crippen LogP contribution in [0.2, 0.25) is 0 Å². The summed E-state index contributed by atoms with van der Waals surface area (Å²) in [5.74, 6) is 0.171. The quantitative estimate of drug-likeness (QED) is 0.775. The summed E-state index contributed by atoms with van der Waals surface area (Å²) in [5.41, 5.74) is 0. The van der Waals surface area contributed by atoms with Crippen LogP contribution in [0.5, 0.6) is 0 Å². The van der Waals surface area contributed by atoms with E-state index in [-0.39, 0.29) is 11.2 Å². The number of hydrogen-bond donors (Lipinski definition) is 0. The summed E-state index contributed by atoms with van der Waals surface area (Å²) in [4.78, 5) is 13.7. The largest absolute Gasteiger partial charge is 0.340 e. The fourth-order valence-corrected chi connectivity index (χ4v) is 5.10. The topological polar surface area (TPSA) is 57.7 Å². The summed E-state index contributed by atoms with van der Waals surface area (Å²) in [6, 6.07) is 0. The van der Waals surface area contributed by atoms with Crippen molar-refractivity contribution in [3.05, 3.63) is 0 Å². The van der Waals surface area contributed by atoms with Gasteiger partial charge in [0.1, 0.15) is 0 Å². The average Bonchev–Trinajstić information content (AvgIpc) is 3.00. The molecule has 0 spiro atoms. The predicted octanol–water partition coefficient (Wildman–Crippen LogP) is 1.59. The lowest BCUT2D eigenvalue weighted by Crippen LogP contribution is -2.52. The van der Waals surface area contributed by atoms with Crippen LogP contribution < -0.4 is 0 Å². The van der Waals surface area contributed by atoms with E-state index in [0.29, 0.717) is 32.6 Å². The van der Waals surface area contributed by atoms with E-state index in [4.69, 9.17) is 0 Å². The molecule has 0 aromatic heterocycles. The van der Waals surface area contributed by atoms with Crippen molar-refractivity contribution in [3.8, 4) is 0 Å². The van der Waals surface area contributed by atoms with E-state index >= 15 is 0 Å². The third-order valence-corrected chi connectivity index (χ3v) is 6.82. The average molecular weight is 302 g/mol. The molecule has 0 radical (unpaired) electrons. The monoisotopic (exact) mass is 302 g/mol. The van der Waals surface area contributed by atoms with E-state index in [1.165, 1.54) is 0 Å². The summed E-state index contributed by atoms with van der Waals surface area (Å²) in [6.07, 6.45) is 6.18. The van der Waals surface area contributed by atoms with Crippen LogP contribution in [0.25, 0.3) is 0 Å². The molecule has 0 unspecified atom stereocenters. The minimum absolute atomic E-state index is 0.171. The number of hydrogen-bond acceptors (Lipinski definition) is 3. The van der Waals surface area contributed by atoms with Gasteiger partial charge in [-0.1, -0.05) is 26.2 Å². The first-order chi connectivity index (χ1) is 9.55. The molecule has 1 amide bonds. The molecule has 0 aromatic rings. The lowest BCUT2D eigenvalue weighted by atomic mass is 10.2. The Hall–Kier alpha value is -0.620. The van der Waals surface area contributed by atoms with Crippen molar-refractivity contribution < 1.29 is 13.2 Å². The summed E-state index contributed by atoms with van der Waals surface area (Å²) in [7, 11) is -3.13. The molecule has 0 bridgehead atoms. The zero-order valence-electron chi connectivity index (χ0n) is 12.4. The van der Waals surface area contributed by atoms with E-state index in [1.807, 2.05) is 4.90 Å². The van der Waals surface area contributed by atoms with Gasteiger partial charge in [-0.25, -0.2) is 8.42 Å². The fraction of sp³-hybridized carbons (Fsp3) is 0.929. The Morgan fingerprint density at radius 2 is 1.70 bits per heavy atom. The molecular formula is C14H26N2O3S. The number of unbranched alkanes of at least 4 members (excludes halogenated alkanes) is 1. The van der Waals surface area contributed by atoms with Crippen LogP contribution in [0.3, 0.4) is 0 Å². The molecule has 20 heavy (non-hydrogen) atoms. The van der Waals surface area contributed by atoms with Gasteiger partial charge in [-0.3, -0.25) is 4.79 Å². The molecule has 2 fully saturated rings. The Balaban J connectivity index is 1.86. The highest BCUT2D eigenvalue weighted by Crippen LogP contribution is 2.27. The number of amides is 1. The van der Waals surface area contributed by atoms with Crippen molar-refractivity contribution in [2.24, 2.45) is 0 Å². The van der Waals surface area contributed by atoms with Gasteiger partial charge in [0.05, 0.1) is 5.25 Å². The van der Waals surface area contributed by atoms with Gasteiger partial charge in [0.15, 0.2) is 0 Å². The maximum Gasteiger partial charge on any atom is 0.222 e. The first-order valence-electron chi connectivity index (χ1n) is 7.82. The van der Waals surface area contributed by atoms with E-state index in [9.17, 15) is 13.2 Å². The van der Waals surface area contributed by atoms with Gasteiger partial charge >= 0.3 is 0 Å². The second-order valence-corrected chi connectivity index (χ2v) is 8.05. The molecule has 0 atom stereocenters. The normalized spacial score (nSPS) is 22.4. The number of piperazine rings is 1. The van der Waals surface area contributed by atoms with Crippen molar-refractivity contribution >= 4 is 15.9 Å². The Morgan fingerprint density at radius 1 is 1.10 bits per heavy atom. The lowest BCUT2D eigenvalue weighted by molar-refractivity contribution is -0.132. The molecule has 1 aliphatic heterocycles. The van der Waals surface area contributed by atoms with Crippen LogP contribution in [0.4, 0.5) is 0 Å². The minimum Gasteiger partial charge on any atom is -0.340 e. The summed E-state index contributed by atoms with van der Waals surface area (Å²) < 4.78 is 26.5. The van der Waals surface area contributed by atoms with Crippen LogP contribution in [0.15, 0.2) is 0 Å². The molecule has 5 nitrogen and oxygen atoms in total. The Labute approximate surface area is 122 Å². The fourth-order valence-electron chi connectivity index (χ4n) is 3.08. The number of rotatable bonds is 5. The summed E-state index contributed by atoms with van der Waals surface area (Å²) in [5, 5.41) is -0.176. The predicted molar refractivity (Wildman–Crippen MR) is 78.9 cm³/mol. The Bertz CT molecular complexity index is 422. The van der Waals surface area contributed by atoms with E-state index in [2.05, 4.69) is 6.92 Å². The van der Waals surface area contributed by atoms with Gasteiger partial charge in [0.25, 0.3) is 0 Å². The zero-order valence-corrected chi connectivity index (χ0v) is 13.2. The third-order valence-electron chi connectivity index (χ3n) is 4.42. The number of carbonyl (C=O) groups is 1. The Morgan fingerprint density at radius 3 is 2.25 bits per heavy atom. The minimum atomic E-state index is -3.13. The van der Waals surface area contributed by atoms with Crippen molar-refractivity contribution in [3.63, 3.8) is 0 Å². The zero-order chi connectivity index (χ0) is 14.6. The van der Waals surface area contributed by atoms with Crippen molar-refractivity contribution in [1.29, 1.82) is 0 Å². The first-order valence-corrected chi connectivity index (χ1v) is 9.32. The summed E-state index contributed by atoms with van der Waals surface area (Å²) in [6.45, 7) is 4.11. The molecule has 1 saturated carbocycles. The molecule has 1 saturated heterocycles. The van der Waals surface area contributed by atoms with Crippen LogP contribution in [-0.2, 0) is 14.8 Å². The van der Waals surface area contributed by atoms with Crippen molar-refractivity contribution in [1.82, 2.24) is 9.21 Å². The van der Waals surface area contributed by atoms with Crippen LogP contribution in [-0.4, -0.2) is 55.0 Å². The SMILES string of the molecule is CCCCC(=O)N1CCN(S(=O)(=O)C2CCCC2)CC1. The molecule has 2 aliphatic rings. The van der Waals surface area contributed by atoms with Gasteiger partial charge in [0.2, 0.25) is 15.9 Å². The smallest absolute Gasteiger partial charge is 0.222 e. The van der Waals surface area contributed by atoms with Crippen LogP contribution in [0, 0.1) is 0 Å². The van der Waals surface area contributed by atoms with Crippen LogP contribution in [0.1, 0.15) is 51.9 Å². The second kappa shape index (κ2) is 6.89. The maximum atomic E-state index is 12.5. The van der Waals surface area contributed by atoms with E-state index in [0.717, 1.165) is 38.5 Å². The molecule has 1 aliphatic carbocycles. The molecular weight excluding hydrogens is 276 g/mol. The summed E-state index contributed by atoms with van der Waals surface area (Å²) >= 11 is 0. The maximum absolute atomic E-state index is 12.5. The highest BCUT2D eigenvalue weighted by molar-refractivity contribution is 7.89. The van der Waals surface area contributed by atoms with Gasteiger partial charge in [0, 0.05) is 32.6 Å². The van der Waals surface area contributed by atoms with Crippen molar-refractivity contribution in [2.75, 3.05) is 26.2 Å². The highest BCUT2D eigenvalue weighted by Gasteiger charge is 2.36. The molecule has 0 aromatic carbocycles. The first kappa shape index (κ1) is 15.8. The Kier molecular flexibility index (Phi) is 5.43. The second-order valence-electron chi connectivity index (χ2n) is 5.83. The van der Waals surface area contributed by atoms with Crippen molar-refractivity contribution in [2.45, 2.75) is 57.1 Å². The lowest BCUT2D eigenvalue weighted by Gasteiger charge is -2.35. The molecule has 116 valence electrons. The standard InChI is InChI=1S/C14H26N2O3S/c1-2-3-8-14(17)15-9-11-16(12-10-15)20(18,19)13-6-4-5-7-13/h13H,2-12H2,1H3. The number of nitrogens with zero attached hydrogens (tertiary/aromatic N) is 2. The van der Waals surface area contributed by atoms with Gasteiger partial charge in [-0.2, -0.15) is 4.31 Å². The van der Waals surface area contributed by atoms with Gasteiger partial charge in [-0.15, -0.1) is 0 Å². The van der Waals surface area contributed by atoms with Crippen LogP contribution >= 0.6 is 0 Å². The molecule has 6 heteroatoms. The highest BCUT2D eigenvalue weighted by atomic mass is 32.2.